The van der Waals surface area contributed by atoms with Crippen LogP contribution in [0.5, 0.6) is 0 Å². The van der Waals surface area contributed by atoms with Gasteiger partial charge >= 0.3 is 0 Å². The third-order valence-corrected chi connectivity index (χ3v) is 2.72. The summed E-state index contributed by atoms with van der Waals surface area (Å²) in [6, 6.07) is 3.89. The molecule has 0 aliphatic carbocycles. The van der Waals surface area contributed by atoms with Crippen LogP contribution in [-0.2, 0) is 0 Å². The van der Waals surface area contributed by atoms with Gasteiger partial charge in [-0.05, 0) is 37.5 Å². The number of hydrogen-bond donors (Lipinski definition) is 2. The minimum Gasteiger partial charge on any atom is -0.374 e. The van der Waals surface area contributed by atoms with Crippen LogP contribution in [0.1, 0.15) is 38.4 Å². The SMILES string of the molecule is CCC(C)/C=C\c1nc(N[C@@H](C)O)ccc1C. The van der Waals surface area contributed by atoms with Crippen molar-refractivity contribution in [2.24, 2.45) is 5.92 Å². The Labute approximate surface area is 104 Å². The molecular formula is C14H22N2O. The molecule has 17 heavy (non-hydrogen) atoms. The van der Waals surface area contributed by atoms with Crippen LogP contribution < -0.4 is 5.32 Å². The van der Waals surface area contributed by atoms with Crippen LogP contribution >= 0.6 is 0 Å². The van der Waals surface area contributed by atoms with Gasteiger partial charge in [0.2, 0.25) is 0 Å². The van der Waals surface area contributed by atoms with E-state index in [-0.39, 0.29) is 0 Å². The van der Waals surface area contributed by atoms with E-state index in [4.69, 9.17) is 0 Å². The fraction of sp³-hybridized carbons (Fsp3) is 0.500. The molecule has 0 spiro atoms. The van der Waals surface area contributed by atoms with E-state index in [1.165, 1.54) is 0 Å². The number of nitrogens with one attached hydrogen (secondary N) is 1. The Morgan fingerprint density at radius 1 is 1.41 bits per heavy atom. The first-order chi connectivity index (χ1) is 8.02. The average molecular weight is 234 g/mol. The molecule has 3 nitrogen and oxygen atoms in total. The van der Waals surface area contributed by atoms with Crippen LogP contribution in [-0.4, -0.2) is 16.3 Å². The molecule has 0 radical (unpaired) electrons. The molecule has 0 amide bonds. The summed E-state index contributed by atoms with van der Waals surface area (Å²) in [6.07, 6.45) is 4.76. The van der Waals surface area contributed by atoms with Crippen molar-refractivity contribution in [2.45, 2.75) is 40.3 Å². The lowest BCUT2D eigenvalue weighted by molar-refractivity contribution is 0.224. The number of nitrogens with zero attached hydrogens (tertiary/aromatic N) is 1. The average Bonchev–Trinajstić information content (AvgIpc) is 2.28. The topological polar surface area (TPSA) is 45.2 Å². The highest BCUT2D eigenvalue weighted by Gasteiger charge is 2.02. The molecule has 0 aliphatic heterocycles. The van der Waals surface area contributed by atoms with Crippen LogP contribution in [0.4, 0.5) is 5.82 Å². The van der Waals surface area contributed by atoms with Gasteiger partial charge in [-0.1, -0.05) is 32.4 Å². The molecule has 0 aromatic carbocycles. The molecule has 3 heteroatoms. The summed E-state index contributed by atoms with van der Waals surface area (Å²) in [7, 11) is 0. The molecule has 1 heterocycles. The summed E-state index contributed by atoms with van der Waals surface area (Å²) >= 11 is 0. The Bertz CT molecular complexity index is 386. The molecule has 94 valence electrons. The van der Waals surface area contributed by atoms with Crippen LogP contribution in [0.2, 0.25) is 0 Å². The van der Waals surface area contributed by atoms with Gasteiger partial charge in [0.05, 0.1) is 5.69 Å². The van der Waals surface area contributed by atoms with Gasteiger partial charge in [-0.2, -0.15) is 0 Å². The third-order valence-electron chi connectivity index (χ3n) is 2.72. The van der Waals surface area contributed by atoms with Crippen molar-refractivity contribution in [2.75, 3.05) is 5.32 Å². The molecule has 1 aromatic heterocycles. The van der Waals surface area contributed by atoms with Crippen LogP contribution in [0, 0.1) is 12.8 Å². The monoisotopic (exact) mass is 234 g/mol. The lowest BCUT2D eigenvalue weighted by Crippen LogP contribution is -2.14. The van der Waals surface area contributed by atoms with Crippen molar-refractivity contribution in [3.63, 3.8) is 0 Å². The molecule has 0 saturated heterocycles. The van der Waals surface area contributed by atoms with E-state index in [0.29, 0.717) is 11.7 Å². The molecule has 0 aliphatic rings. The second-order valence-electron chi connectivity index (χ2n) is 4.46. The van der Waals surface area contributed by atoms with E-state index in [2.05, 4.69) is 36.3 Å². The fourth-order valence-corrected chi connectivity index (χ4v) is 1.40. The van der Waals surface area contributed by atoms with Crippen LogP contribution in [0.3, 0.4) is 0 Å². The predicted octanol–water partition coefficient (Wildman–Crippen LogP) is 3.20. The lowest BCUT2D eigenvalue weighted by atomic mass is 10.1. The van der Waals surface area contributed by atoms with Crippen molar-refractivity contribution >= 4 is 11.9 Å². The Balaban J connectivity index is 2.86. The number of aromatic nitrogens is 1. The summed E-state index contributed by atoms with van der Waals surface area (Å²) in [4.78, 5) is 4.46. The number of aliphatic hydroxyl groups excluding tert-OH is 1. The zero-order valence-electron chi connectivity index (χ0n) is 11.1. The quantitative estimate of drug-likeness (QED) is 0.769. The van der Waals surface area contributed by atoms with Crippen molar-refractivity contribution in [3.05, 3.63) is 29.5 Å². The van der Waals surface area contributed by atoms with Gasteiger partial charge in [0, 0.05) is 0 Å². The maximum atomic E-state index is 9.25. The minimum atomic E-state index is -0.586. The Kier molecular flexibility index (Phi) is 5.16. The van der Waals surface area contributed by atoms with E-state index >= 15 is 0 Å². The van der Waals surface area contributed by atoms with E-state index in [1.54, 1.807) is 6.92 Å². The van der Waals surface area contributed by atoms with Gasteiger partial charge in [-0.25, -0.2) is 4.98 Å². The third kappa shape index (κ3) is 4.57. The highest BCUT2D eigenvalue weighted by molar-refractivity contribution is 5.53. The number of allylic oxidation sites excluding steroid dienone is 1. The normalized spacial score (nSPS) is 14.9. The smallest absolute Gasteiger partial charge is 0.128 e. The molecule has 2 N–H and O–H groups in total. The fourth-order valence-electron chi connectivity index (χ4n) is 1.40. The Morgan fingerprint density at radius 3 is 2.71 bits per heavy atom. The lowest BCUT2D eigenvalue weighted by Gasteiger charge is -2.10. The van der Waals surface area contributed by atoms with Gasteiger partial charge in [0.1, 0.15) is 12.0 Å². The van der Waals surface area contributed by atoms with Crippen molar-refractivity contribution in [1.29, 1.82) is 0 Å². The van der Waals surface area contributed by atoms with E-state index in [0.717, 1.165) is 17.7 Å². The van der Waals surface area contributed by atoms with E-state index < -0.39 is 6.23 Å². The van der Waals surface area contributed by atoms with E-state index in [1.807, 2.05) is 19.1 Å². The molecule has 1 rings (SSSR count). The summed E-state index contributed by atoms with van der Waals surface area (Å²) in [5.41, 5.74) is 2.09. The van der Waals surface area contributed by atoms with Crippen LogP contribution in [0.25, 0.3) is 6.08 Å². The van der Waals surface area contributed by atoms with E-state index in [9.17, 15) is 5.11 Å². The first-order valence-corrected chi connectivity index (χ1v) is 6.13. The standard InChI is InChI=1S/C14H22N2O/c1-5-10(2)6-8-13-11(3)7-9-14(16-13)15-12(4)17/h6-10,12,17H,5H2,1-4H3,(H,15,16)/b8-6-/t10?,12-/m1/s1. The number of pyridine rings is 1. The first kappa shape index (κ1) is 13.7. The van der Waals surface area contributed by atoms with Crippen molar-refractivity contribution in [3.8, 4) is 0 Å². The maximum absolute atomic E-state index is 9.25. The van der Waals surface area contributed by atoms with Gasteiger partial charge in [0.25, 0.3) is 0 Å². The highest BCUT2D eigenvalue weighted by Crippen LogP contribution is 2.14. The summed E-state index contributed by atoms with van der Waals surface area (Å²) in [6.45, 7) is 8.07. The van der Waals surface area contributed by atoms with Crippen LogP contribution in [0.15, 0.2) is 18.2 Å². The molecular weight excluding hydrogens is 212 g/mol. The second-order valence-corrected chi connectivity index (χ2v) is 4.46. The van der Waals surface area contributed by atoms with Gasteiger partial charge in [-0.3, -0.25) is 0 Å². The predicted molar refractivity (Wildman–Crippen MR) is 72.8 cm³/mol. The Morgan fingerprint density at radius 2 is 2.12 bits per heavy atom. The summed E-state index contributed by atoms with van der Waals surface area (Å²) < 4.78 is 0. The Hall–Kier alpha value is -1.35. The van der Waals surface area contributed by atoms with Gasteiger partial charge < -0.3 is 10.4 Å². The highest BCUT2D eigenvalue weighted by atomic mass is 16.3. The summed E-state index contributed by atoms with van der Waals surface area (Å²) in [5.74, 6) is 1.26. The molecule has 2 atom stereocenters. The maximum Gasteiger partial charge on any atom is 0.128 e. The van der Waals surface area contributed by atoms with Crippen molar-refractivity contribution < 1.29 is 5.11 Å². The number of aryl methyl sites for hydroxylation is 1. The number of rotatable bonds is 5. The minimum absolute atomic E-state index is 0.560. The molecule has 0 saturated carbocycles. The zero-order valence-corrected chi connectivity index (χ0v) is 11.1. The van der Waals surface area contributed by atoms with Gasteiger partial charge in [-0.15, -0.1) is 0 Å². The second kappa shape index (κ2) is 6.40. The zero-order chi connectivity index (χ0) is 12.8. The number of anilines is 1. The van der Waals surface area contributed by atoms with Gasteiger partial charge in [0.15, 0.2) is 0 Å². The molecule has 1 aromatic rings. The largest absolute Gasteiger partial charge is 0.374 e. The number of aliphatic hydroxyl groups is 1. The molecule has 0 bridgehead atoms. The molecule has 1 unspecified atom stereocenters. The first-order valence-electron chi connectivity index (χ1n) is 6.13. The van der Waals surface area contributed by atoms with Crippen molar-refractivity contribution in [1.82, 2.24) is 4.98 Å². The summed E-state index contributed by atoms with van der Waals surface area (Å²) in [5, 5.41) is 12.1. The number of hydrogen-bond acceptors (Lipinski definition) is 3. The molecule has 0 fully saturated rings.